The van der Waals surface area contributed by atoms with Crippen molar-refractivity contribution >= 4 is 58.4 Å². The van der Waals surface area contributed by atoms with Crippen molar-refractivity contribution in [3.05, 3.63) is 60.7 Å². The monoisotopic (exact) mass is 454 g/mol. The van der Waals surface area contributed by atoms with Gasteiger partial charge in [-0.2, -0.15) is 0 Å². The molecular formula is C20H30O2S3Si2. The molecule has 0 saturated heterocycles. The molecule has 0 saturated carbocycles. The van der Waals surface area contributed by atoms with Crippen molar-refractivity contribution in [2.24, 2.45) is 0 Å². The Morgan fingerprint density at radius 3 is 1.30 bits per heavy atom. The molecule has 0 N–H and O–H groups in total. The van der Waals surface area contributed by atoms with Gasteiger partial charge in [0.15, 0.2) is 0 Å². The number of rotatable bonds is 10. The summed E-state index contributed by atoms with van der Waals surface area (Å²) >= 11 is 0. The smallest absolute Gasteiger partial charge is 0.233 e. The topological polar surface area (TPSA) is 18.5 Å². The molecule has 0 aliphatic carbocycles. The molecule has 2 aromatic carbocycles. The zero-order valence-corrected chi connectivity index (χ0v) is 21.4. The quantitative estimate of drug-likeness (QED) is 0.365. The number of hydrogen-bond acceptors (Lipinski definition) is 5. The molecule has 7 heteroatoms. The Bertz CT molecular complexity index is 633. The van der Waals surface area contributed by atoms with Crippen molar-refractivity contribution in [2.75, 3.05) is 14.2 Å². The van der Waals surface area contributed by atoms with E-state index in [1.807, 2.05) is 45.6 Å². The van der Waals surface area contributed by atoms with E-state index in [1.54, 1.807) is 0 Å². The van der Waals surface area contributed by atoms with Gasteiger partial charge in [0.1, 0.15) is 0 Å². The Labute approximate surface area is 178 Å². The van der Waals surface area contributed by atoms with Crippen molar-refractivity contribution < 1.29 is 8.85 Å². The standard InChI is InChI=1S/C20H30O2S3Si2/c1-17(26(5,21-3)19-13-9-7-10-14-19)23-25-24-18(2)27(6,22-4)20-15-11-8-12-16-20/h7-18H,1-6H3. The summed E-state index contributed by atoms with van der Waals surface area (Å²) in [6, 6.07) is 21.4. The summed E-state index contributed by atoms with van der Waals surface area (Å²) in [5.41, 5.74) is 0. The molecule has 0 heterocycles. The predicted octanol–water partition coefficient (Wildman–Crippen LogP) is 5.13. The third kappa shape index (κ3) is 5.47. The van der Waals surface area contributed by atoms with Crippen LogP contribution in [0.4, 0.5) is 0 Å². The molecule has 0 fully saturated rings. The summed E-state index contributed by atoms with van der Waals surface area (Å²) in [7, 11) is 5.51. The Morgan fingerprint density at radius 1 is 0.667 bits per heavy atom. The second-order valence-electron chi connectivity index (χ2n) is 6.90. The van der Waals surface area contributed by atoms with Crippen LogP contribution in [-0.4, -0.2) is 40.6 Å². The molecule has 0 bridgehead atoms. The Balaban J connectivity index is 2.00. The van der Waals surface area contributed by atoms with Crippen molar-refractivity contribution in [1.29, 1.82) is 0 Å². The fraction of sp³-hybridized carbons (Fsp3) is 0.400. The van der Waals surface area contributed by atoms with Crippen LogP contribution in [0.3, 0.4) is 0 Å². The highest BCUT2D eigenvalue weighted by Crippen LogP contribution is 2.44. The molecule has 4 unspecified atom stereocenters. The minimum Gasteiger partial charge on any atom is -0.415 e. The van der Waals surface area contributed by atoms with Gasteiger partial charge in [-0.3, -0.25) is 0 Å². The van der Waals surface area contributed by atoms with E-state index in [1.165, 1.54) is 10.4 Å². The first-order valence-corrected chi connectivity index (χ1v) is 17.7. The first-order valence-electron chi connectivity index (χ1n) is 9.08. The van der Waals surface area contributed by atoms with Crippen molar-refractivity contribution in [2.45, 2.75) is 36.7 Å². The lowest BCUT2D eigenvalue weighted by Crippen LogP contribution is -2.55. The zero-order chi connectivity index (χ0) is 19.9. The van der Waals surface area contributed by atoms with Crippen LogP contribution in [-0.2, 0) is 8.85 Å². The van der Waals surface area contributed by atoms with Gasteiger partial charge in [-0.05, 0) is 33.3 Å². The summed E-state index contributed by atoms with van der Waals surface area (Å²) in [4.78, 5) is 0.892. The fourth-order valence-corrected chi connectivity index (χ4v) is 18.6. The van der Waals surface area contributed by atoms with E-state index < -0.39 is 16.6 Å². The SMILES string of the molecule is CO[Si](C)(c1ccccc1)C(C)SSSC(C)[Si](C)(OC)c1ccccc1. The molecule has 2 rings (SSSR count). The summed E-state index contributed by atoms with van der Waals surface area (Å²) in [6.07, 6.45) is 0. The van der Waals surface area contributed by atoms with Crippen LogP contribution in [0.15, 0.2) is 60.7 Å². The third-order valence-corrected chi connectivity index (χ3v) is 22.0. The van der Waals surface area contributed by atoms with Gasteiger partial charge in [-0.25, -0.2) is 0 Å². The van der Waals surface area contributed by atoms with E-state index in [-0.39, 0.29) is 0 Å². The van der Waals surface area contributed by atoms with E-state index in [4.69, 9.17) is 8.85 Å². The van der Waals surface area contributed by atoms with E-state index in [2.05, 4.69) is 87.6 Å². The summed E-state index contributed by atoms with van der Waals surface area (Å²) in [5.74, 6) is 0. The van der Waals surface area contributed by atoms with Gasteiger partial charge < -0.3 is 8.85 Å². The second-order valence-corrected chi connectivity index (χ2v) is 20.6. The highest BCUT2D eigenvalue weighted by Gasteiger charge is 2.40. The van der Waals surface area contributed by atoms with Crippen molar-refractivity contribution in [1.82, 2.24) is 0 Å². The van der Waals surface area contributed by atoms with Gasteiger partial charge in [0.2, 0.25) is 16.6 Å². The first kappa shape index (κ1) is 23.1. The average molecular weight is 455 g/mol. The van der Waals surface area contributed by atoms with Crippen LogP contribution >= 0.6 is 31.4 Å². The minimum absolute atomic E-state index is 0.446. The molecule has 2 aromatic rings. The molecule has 0 aliphatic rings. The maximum atomic E-state index is 6.08. The molecule has 0 amide bonds. The highest BCUT2D eigenvalue weighted by atomic mass is 33.5. The molecule has 4 atom stereocenters. The van der Waals surface area contributed by atoms with Crippen LogP contribution in [0.1, 0.15) is 13.8 Å². The highest BCUT2D eigenvalue weighted by molar-refractivity contribution is 9.09. The molecule has 0 aliphatic heterocycles. The van der Waals surface area contributed by atoms with E-state index >= 15 is 0 Å². The zero-order valence-electron chi connectivity index (χ0n) is 17.0. The molecule has 2 nitrogen and oxygen atoms in total. The fourth-order valence-electron chi connectivity index (χ4n) is 2.90. The van der Waals surface area contributed by atoms with Crippen LogP contribution in [0.5, 0.6) is 0 Å². The van der Waals surface area contributed by atoms with Gasteiger partial charge in [0.25, 0.3) is 0 Å². The molecule has 148 valence electrons. The summed E-state index contributed by atoms with van der Waals surface area (Å²) < 4.78 is 12.2. The van der Waals surface area contributed by atoms with Crippen molar-refractivity contribution in [3.63, 3.8) is 0 Å². The summed E-state index contributed by atoms with van der Waals surface area (Å²) in [5, 5.41) is 2.71. The van der Waals surface area contributed by atoms with Gasteiger partial charge in [-0.15, -0.1) is 0 Å². The normalized spacial score (nSPS) is 18.3. The molecule has 0 spiro atoms. The van der Waals surface area contributed by atoms with Gasteiger partial charge in [0, 0.05) is 24.0 Å². The molecule has 0 radical (unpaired) electrons. The lowest BCUT2D eigenvalue weighted by Gasteiger charge is -2.33. The molecule has 27 heavy (non-hydrogen) atoms. The Hall–Kier alpha value is -0.156. The summed E-state index contributed by atoms with van der Waals surface area (Å²) in [6.45, 7) is 9.23. The largest absolute Gasteiger partial charge is 0.415 e. The van der Waals surface area contributed by atoms with Gasteiger partial charge in [0.05, 0.1) is 0 Å². The maximum Gasteiger partial charge on any atom is 0.233 e. The first-order chi connectivity index (χ1) is 12.9. The van der Waals surface area contributed by atoms with Crippen LogP contribution in [0.2, 0.25) is 13.1 Å². The van der Waals surface area contributed by atoms with Crippen molar-refractivity contribution in [3.8, 4) is 0 Å². The number of benzene rings is 2. The lowest BCUT2D eigenvalue weighted by atomic mass is 10.4. The van der Waals surface area contributed by atoms with E-state index in [9.17, 15) is 0 Å². The van der Waals surface area contributed by atoms with Crippen LogP contribution in [0, 0.1) is 0 Å². The maximum absolute atomic E-state index is 6.08. The Morgan fingerprint density at radius 2 is 1.00 bits per heavy atom. The number of hydrogen-bond donors (Lipinski definition) is 0. The third-order valence-electron chi connectivity index (χ3n) is 5.46. The molecule has 0 aromatic heterocycles. The second kappa shape index (κ2) is 10.6. The van der Waals surface area contributed by atoms with E-state index in [0.717, 1.165) is 0 Å². The minimum atomic E-state index is -1.98. The average Bonchev–Trinajstić information content (AvgIpc) is 2.73. The Kier molecular flexibility index (Phi) is 9.05. The lowest BCUT2D eigenvalue weighted by molar-refractivity contribution is 0.409. The van der Waals surface area contributed by atoms with Crippen LogP contribution < -0.4 is 10.4 Å². The van der Waals surface area contributed by atoms with Crippen LogP contribution in [0.25, 0.3) is 0 Å². The van der Waals surface area contributed by atoms with Gasteiger partial charge >= 0.3 is 0 Å². The van der Waals surface area contributed by atoms with Gasteiger partial charge in [-0.1, -0.05) is 96.1 Å². The predicted molar refractivity (Wildman–Crippen MR) is 131 cm³/mol. The molecular weight excluding hydrogens is 425 g/mol. The van der Waals surface area contributed by atoms with E-state index in [0.29, 0.717) is 9.75 Å².